The van der Waals surface area contributed by atoms with E-state index in [2.05, 4.69) is 10.3 Å². The largest absolute Gasteiger partial charge is 0.416 e. The van der Waals surface area contributed by atoms with Gasteiger partial charge in [-0.1, -0.05) is 5.21 Å². The lowest BCUT2D eigenvalue weighted by Crippen LogP contribution is -2.06. The van der Waals surface area contributed by atoms with Gasteiger partial charge in [-0.3, -0.25) is 0 Å². The first-order valence-electron chi connectivity index (χ1n) is 5.03. The monoisotopic (exact) mass is 255 g/mol. The maximum atomic E-state index is 12.4. The lowest BCUT2D eigenvalue weighted by Gasteiger charge is -2.08. The van der Waals surface area contributed by atoms with E-state index >= 15 is 0 Å². The molecule has 0 saturated carbocycles. The van der Waals surface area contributed by atoms with Gasteiger partial charge in [-0.05, 0) is 24.3 Å². The van der Waals surface area contributed by atoms with Crippen molar-refractivity contribution in [1.29, 1.82) is 0 Å². The highest BCUT2D eigenvalue weighted by Crippen LogP contribution is 2.29. The van der Waals surface area contributed by atoms with Gasteiger partial charge in [0.2, 0.25) is 0 Å². The number of alkyl halides is 3. The summed E-state index contributed by atoms with van der Waals surface area (Å²) in [4.78, 5) is 10.4. The summed E-state index contributed by atoms with van der Waals surface area (Å²) in [6, 6.07) is 4.49. The summed E-state index contributed by atoms with van der Waals surface area (Å²) in [5.74, 6) is 0. The summed E-state index contributed by atoms with van der Waals surface area (Å²) in [5.41, 5.74) is 0.213. The molecule has 0 aliphatic carbocycles. The number of rotatable bonds is 3. The van der Waals surface area contributed by atoms with Crippen molar-refractivity contribution in [3.8, 4) is 5.69 Å². The van der Waals surface area contributed by atoms with Crippen LogP contribution in [0.1, 0.15) is 11.3 Å². The number of aldehydes is 1. The van der Waals surface area contributed by atoms with Gasteiger partial charge >= 0.3 is 6.18 Å². The van der Waals surface area contributed by atoms with Crippen LogP contribution >= 0.6 is 0 Å². The maximum absolute atomic E-state index is 12.4. The third-order valence-electron chi connectivity index (χ3n) is 2.35. The first-order valence-corrected chi connectivity index (χ1v) is 5.03. The number of hydrogen-bond donors (Lipinski definition) is 0. The van der Waals surface area contributed by atoms with Gasteiger partial charge in [0.15, 0.2) is 0 Å². The van der Waals surface area contributed by atoms with Crippen LogP contribution in [0.15, 0.2) is 30.5 Å². The number of nitrogens with zero attached hydrogens (tertiary/aromatic N) is 3. The van der Waals surface area contributed by atoms with Crippen LogP contribution in [0.4, 0.5) is 13.2 Å². The van der Waals surface area contributed by atoms with Gasteiger partial charge in [0.25, 0.3) is 0 Å². The smallest absolute Gasteiger partial charge is 0.303 e. The van der Waals surface area contributed by atoms with E-state index in [0.29, 0.717) is 17.7 Å². The molecule has 0 N–H and O–H groups in total. The second kappa shape index (κ2) is 4.59. The van der Waals surface area contributed by atoms with Crippen molar-refractivity contribution in [1.82, 2.24) is 15.0 Å². The van der Waals surface area contributed by atoms with Crippen LogP contribution in [0.2, 0.25) is 0 Å². The van der Waals surface area contributed by atoms with Gasteiger partial charge in [-0.25, -0.2) is 4.68 Å². The highest BCUT2D eigenvalue weighted by Gasteiger charge is 2.30. The molecule has 0 fully saturated rings. The minimum atomic E-state index is -4.37. The molecule has 0 radical (unpaired) electrons. The molecule has 94 valence electrons. The molecule has 18 heavy (non-hydrogen) atoms. The Balaban J connectivity index is 2.34. The van der Waals surface area contributed by atoms with E-state index in [1.165, 1.54) is 23.0 Å². The lowest BCUT2D eigenvalue weighted by atomic mass is 10.2. The van der Waals surface area contributed by atoms with Crippen LogP contribution in [-0.4, -0.2) is 21.3 Å². The van der Waals surface area contributed by atoms with E-state index in [1.807, 2.05) is 0 Å². The summed E-state index contributed by atoms with van der Waals surface area (Å²) in [7, 11) is 0. The van der Waals surface area contributed by atoms with Crippen LogP contribution < -0.4 is 0 Å². The Morgan fingerprint density at radius 1 is 1.22 bits per heavy atom. The minimum Gasteiger partial charge on any atom is -0.303 e. The number of aromatic nitrogens is 3. The summed E-state index contributed by atoms with van der Waals surface area (Å²) >= 11 is 0. The molecule has 4 nitrogen and oxygen atoms in total. The van der Waals surface area contributed by atoms with Crippen molar-refractivity contribution >= 4 is 6.29 Å². The second-order valence-corrected chi connectivity index (χ2v) is 3.55. The van der Waals surface area contributed by atoms with Gasteiger partial charge in [0, 0.05) is 6.42 Å². The van der Waals surface area contributed by atoms with Crippen molar-refractivity contribution in [2.24, 2.45) is 0 Å². The molecule has 0 amide bonds. The molecular formula is C11H8F3N3O. The van der Waals surface area contributed by atoms with Gasteiger partial charge in [0.1, 0.15) is 6.29 Å². The van der Waals surface area contributed by atoms with Gasteiger partial charge < -0.3 is 4.79 Å². The van der Waals surface area contributed by atoms with E-state index in [4.69, 9.17) is 0 Å². The Hall–Kier alpha value is -2.18. The fourth-order valence-electron chi connectivity index (χ4n) is 1.49. The first kappa shape index (κ1) is 12.3. The number of carbonyl (C=O) groups is 1. The Morgan fingerprint density at radius 3 is 2.44 bits per heavy atom. The zero-order chi connectivity index (χ0) is 13.2. The summed E-state index contributed by atoms with van der Waals surface area (Å²) in [6.45, 7) is 0. The molecule has 0 aliphatic rings. The Labute approximate surface area is 100 Å². The standard InChI is InChI=1S/C11H8F3N3O/c12-11(13,14)8-1-3-9(4-2-8)17-10(5-6-18)7-15-16-17/h1-4,6-7H,5H2. The fraction of sp³-hybridized carbons (Fsp3) is 0.182. The molecule has 7 heteroatoms. The Kier molecular flexibility index (Phi) is 3.14. The molecule has 2 aromatic rings. The van der Waals surface area contributed by atoms with E-state index in [-0.39, 0.29) is 6.42 Å². The molecule has 0 atom stereocenters. The number of carbonyl (C=O) groups excluding carboxylic acids is 1. The highest BCUT2D eigenvalue weighted by atomic mass is 19.4. The van der Waals surface area contributed by atoms with Crippen LogP contribution in [-0.2, 0) is 17.4 Å². The zero-order valence-corrected chi connectivity index (χ0v) is 9.05. The fourth-order valence-corrected chi connectivity index (χ4v) is 1.49. The quantitative estimate of drug-likeness (QED) is 0.788. The third-order valence-corrected chi connectivity index (χ3v) is 2.35. The number of hydrogen-bond acceptors (Lipinski definition) is 3. The van der Waals surface area contributed by atoms with Gasteiger partial charge in [-0.2, -0.15) is 13.2 Å². The predicted octanol–water partition coefficient (Wildman–Crippen LogP) is 2.03. The van der Waals surface area contributed by atoms with Crippen LogP contribution in [0.25, 0.3) is 5.69 Å². The Bertz CT molecular complexity index is 545. The summed E-state index contributed by atoms with van der Waals surface area (Å²) < 4.78 is 38.5. The van der Waals surface area contributed by atoms with E-state index < -0.39 is 11.7 Å². The second-order valence-electron chi connectivity index (χ2n) is 3.55. The van der Waals surface area contributed by atoms with Crippen molar-refractivity contribution in [3.05, 3.63) is 41.7 Å². The van der Waals surface area contributed by atoms with Gasteiger partial charge in [-0.15, -0.1) is 5.10 Å². The van der Waals surface area contributed by atoms with Crippen molar-refractivity contribution in [3.63, 3.8) is 0 Å². The predicted molar refractivity (Wildman–Crippen MR) is 56.1 cm³/mol. The van der Waals surface area contributed by atoms with Crippen molar-refractivity contribution in [2.45, 2.75) is 12.6 Å². The van der Waals surface area contributed by atoms with Crippen molar-refractivity contribution in [2.75, 3.05) is 0 Å². The zero-order valence-electron chi connectivity index (χ0n) is 9.05. The normalized spacial score (nSPS) is 11.5. The molecule has 2 rings (SSSR count). The van der Waals surface area contributed by atoms with Gasteiger partial charge in [0.05, 0.1) is 23.1 Å². The van der Waals surface area contributed by atoms with E-state index in [1.54, 1.807) is 0 Å². The molecule has 1 heterocycles. The maximum Gasteiger partial charge on any atom is 0.416 e. The summed E-state index contributed by atoms with van der Waals surface area (Å²) in [5, 5.41) is 7.34. The molecule has 1 aromatic carbocycles. The van der Waals surface area contributed by atoms with Crippen LogP contribution in [0.5, 0.6) is 0 Å². The SMILES string of the molecule is O=CCc1cnnn1-c1ccc(C(F)(F)F)cc1. The van der Waals surface area contributed by atoms with E-state index in [9.17, 15) is 18.0 Å². The molecular weight excluding hydrogens is 247 g/mol. The first-order chi connectivity index (χ1) is 8.52. The molecule has 0 unspecified atom stereocenters. The topological polar surface area (TPSA) is 47.8 Å². The molecule has 0 bridgehead atoms. The highest BCUT2D eigenvalue weighted by molar-refractivity contribution is 5.54. The summed E-state index contributed by atoms with van der Waals surface area (Å²) in [6.07, 6.45) is -2.19. The Morgan fingerprint density at radius 2 is 1.89 bits per heavy atom. The van der Waals surface area contributed by atoms with Crippen LogP contribution in [0.3, 0.4) is 0 Å². The molecule has 1 aromatic heterocycles. The third kappa shape index (κ3) is 2.39. The molecule has 0 aliphatic heterocycles. The molecule has 0 saturated heterocycles. The van der Waals surface area contributed by atoms with Crippen molar-refractivity contribution < 1.29 is 18.0 Å². The average molecular weight is 255 g/mol. The minimum absolute atomic E-state index is 0.105. The lowest BCUT2D eigenvalue weighted by molar-refractivity contribution is -0.137. The number of halogens is 3. The average Bonchev–Trinajstić information content (AvgIpc) is 2.77. The molecule has 0 spiro atoms. The van der Waals surface area contributed by atoms with Crippen LogP contribution in [0, 0.1) is 0 Å². The van der Waals surface area contributed by atoms with E-state index in [0.717, 1.165) is 12.1 Å². The number of benzene rings is 1.